The van der Waals surface area contributed by atoms with Gasteiger partial charge in [-0.2, -0.15) is 0 Å². The van der Waals surface area contributed by atoms with Crippen LogP contribution in [0.2, 0.25) is 0 Å². The molecule has 4 amide bonds. The van der Waals surface area contributed by atoms with Crippen molar-refractivity contribution in [3.05, 3.63) is 35.0 Å². The SMILES string of the molecule is CO[C@@]1(NC(=O)C(C(=O)O)c2ccc(OC(N)=O)c(OC(N)=O)c2)C(=O)N2C(C(=O)O)=C(CSc3nnnn3C)CS[C@H]21. The normalized spacial score (nSPS) is 20.0. The minimum atomic E-state index is -2.12. The molecule has 1 aromatic carbocycles. The van der Waals surface area contributed by atoms with Crippen LogP contribution in [0.15, 0.2) is 34.6 Å². The van der Waals surface area contributed by atoms with E-state index in [2.05, 4.69) is 20.8 Å². The van der Waals surface area contributed by atoms with Gasteiger partial charge in [0.2, 0.25) is 11.1 Å². The summed E-state index contributed by atoms with van der Waals surface area (Å²) in [6, 6.07) is 3.00. The Balaban J connectivity index is 1.61. The first-order chi connectivity index (χ1) is 20.3. The van der Waals surface area contributed by atoms with Gasteiger partial charge in [0, 0.05) is 25.7 Å². The van der Waals surface area contributed by atoms with E-state index < -0.39 is 64.5 Å². The second-order valence-electron chi connectivity index (χ2n) is 8.72. The number of nitrogens with two attached hydrogens (primary N) is 2. The lowest BCUT2D eigenvalue weighted by molar-refractivity contribution is -0.193. The van der Waals surface area contributed by atoms with Crippen molar-refractivity contribution in [2.24, 2.45) is 18.5 Å². The highest BCUT2D eigenvalue weighted by molar-refractivity contribution is 8.01. The van der Waals surface area contributed by atoms with Gasteiger partial charge in [-0.25, -0.2) is 19.1 Å². The number of primary amides is 2. The lowest BCUT2D eigenvalue weighted by Gasteiger charge is -2.56. The van der Waals surface area contributed by atoms with E-state index in [1.807, 2.05) is 0 Å². The minimum absolute atomic E-state index is 0.118. The number of hydrogen-bond acceptors (Lipinski definition) is 14. The Bertz CT molecular complexity index is 1560. The first kappa shape index (κ1) is 31.1. The fourth-order valence-corrected chi connectivity index (χ4v) is 6.72. The number of nitrogens with one attached hydrogen (secondary N) is 1. The number of carboxylic acid groups (broad SMARTS) is 2. The third-order valence-electron chi connectivity index (χ3n) is 6.13. The van der Waals surface area contributed by atoms with E-state index in [0.717, 1.165) is 53.7 Å². The largest absolute Gasteiger partial charge is 0.480 e. The van der Waals surface area contributed by atoms with Gasteiger partial charge in [0.1, 0.15) is 11.1 Å². The molecule has 1 unspecified atom stereocenters. The first-order valence-corrected chi connectivity index (χ1v) is 13.8. The average Bonchev–Trinajstić information content (AvgIpc) is 3.34. The molecule has 21 heteroatoms. The number of aryl methyl sites for hydroxylation is 1. The van der Waals surface area contributed by atoms with Crippen molar-refractivity contribution >= 4 is 59.5 Å². The van der Waals surface area contributed by atoms with Crippen molar-refractivity contribution in [1.29, 1.82) is 0 Å². The van der Waals surface area contributed by atoms with E-state index in [9.17, 15) is 39.0 Å². The maximum Gasteiger partial charge on any atom is 0.410 e. The molecule has 2 aliphatic rings. The molecule has 7 N–H and O–H groups in total. The number of fused-ring (bicyclic) bond motifs is 1. The van der Waals surface area contributed by atoms with Crippen LogP contribution in [-0.4, -0.2) is 101 Å². The standard InChI is InChI=1S/C22H22N8O11S2/c1-29-21(26-27-28-29)43-7-9-6-42-18-22(39-2,17(36)30(18)13(9)16(34)35)25-14(31)12(15(32)33)8-3-4-10(40-19(23)37)11(5-8)41-20(24)38/h3-5,12,18H,6-7H2,1-2H3,(H2,23,37)(H2,24,38)(H,25,31)(H,32,33)(H,34,35)/t12?,18-,22-/m0/s1. The van der Waals surface area contributed by atoms with Crippen LogP contribution in [0, 0.1) is 0 Å². The fourth-order valence-electron chi connectivity index (χ4n) is 4.30. The molecule has 0 radical (unpaired) electrons. The first-order valence-electron chi connectivity index (χ1n) is 11.7. The fraction of sp³-hybridized carbons (Fsp3) is 0.318. The second kappa shape index (κ2) is 12.1. The highest BCUT2D eigenvalue weighted by Crippen LogP contribution is 2.47. The maximum absolute atomic E-state index is 13.4. The summed E-state index contributed by atoms with van der Waals surface area (Å²) in [6.07, 6.45) is -2.62. The Kier molecular flexibility index (Phi) is 8.77. The Morgan fingerprint density at radius 1 is 1.19 bits per heavy atom. The Labute approximate surface area is 248 Å². The zero-order chi connectivity index (χ0) is 31.6. The van der Waals surface area contributed by atoms with Gasteiger partial charge >= 0.3 is 24.1 Å². The van der Waals surface area contributed by atoms with E-state index in [4.69, 9.17) is 25.7 Å². The summed E-state index contributed by atoms with van der Waals surface area (Å²) in [4.78, 5) is 74.7. The number of benzene rings is 1. The minimum Gasteiger partial charge on any atom is -0.480 e. The molecule has 1 saturated heterocycles. The van der Waals surface area contributed by atoms with Crippen molar-refractivity contribution in [3.63, 3.8) is 0 Å². The van der Waals surface area contributed by atoms with E-state index in [-0.39, 0.29) is 22.8 Å². The molecule has 19 nitrogen and oxygen atoms in total. The molecule has 0 bridgehead atoms. The van der Waals surface area contributed by atoms with E-state index in [0.29, 0.717) is 10.7 Å². The molecule has 0 spiro atoms. The number of thioether (sulfide) groups is 2. The summed E-state index contributed by atoms with van der Waals surface area (Å²) in [6.45, 7) is 0. The van der Waals surface area contributed by atoms with Crippen molar-refractivity contribution in [1.82, 2.24) is 30.4 Å². The summed E-state index contributed by atoms with van der Waals surface area (Å²) < 4.78 is 16.2. The molecule has 4 rings (SSSR count). The molecule has 2 aliphatic heterocycles. The van der Waals surface area contributed by atoms with E-state index >= 15 is 0 Å². The molecular formula is C22H22N8O11S2. The summed E-state index contributed by atoms with van der Waals surface area (Å²) >= 11 is 2.24. The number of carbonyl (C=O) groups excluding carboxylic acids is 4. The van der Waals surface area contributed by atoms with Crippen LogP contribution in [0.3, 0.4) is 0 Å². The number of carboxylic acids is 2. The summed E-state index contributed by atoms with van der Waals surface area (Å²) in [7, 11) is 2.70. The van der Waals surface area contributed by atoms with Crippen LogP contribution in [-0.2, 0) is 31.0 Å². The average molecular weight is 639 g/mol. The van der Waals surface area contributed by atoms with Crippen LogP contribution in [0.25, 0.3) is 0 Å². The smallest absolute Gasteiger partial charge is 0.410 e. The number of amides is 4. The Hall–Kier alpha value is -4.89. The van der Waals surface area contributed by atoms with Crippen LogP contribution < -0.4 is 26.3 Å². The van der Waals surface area contributed by atoms with Crippen molar-refractivity contribution < 1.29 is 53.2 Å². The summed E-state index contributed by atoms with van der Waals surface area (Å²) in [5.41, 5.74) is 7.68. The number of ether oxygens (including phenoxy) is 3. The predicted molar refractivity (Wildman–Crippen MR) is 142 cm³/mol. The van der Waals surface area contributed by atoms with Crippen LogP contribution in [0.5, 0.6) is 11.5 Å². The van der Waals surface area contributed by atoms with Crippen molar-refractivity contribution in [3.8, 4) is 11.5 Å². The zero-order valence-corrected chi connectivity index (χ0v) is 23.7. The highest BCUT2D eigenvalue weighted by atomic mass is 32.2. The molecular weight excluding hydrogens is 616 g/mol. The number of rotatable bonds is 11. The number of tetrazole rings is 1. The number of carbonyl (C=O) groups is 6. The predicted octanol–water partition coefficient (Wildman–Crippen LogP) is -1.20. The molecule has 3 atom stereocenters. The van der Waals surface area contributed by atoms with Gasteiger partial charge in [-0.05, 0) is 33.7 Å². The topological polar surface area (TPSA) is 281 Å². The molecule has 1 aromatic heterocycles. The number of methoxy groups -OCH3 is 1. The van der Waals surface area contributed by atoms with Crippen LogP contribution in [0.4, 0.5) is 9.59 Å². The van der Waals surface area contributed by atoms with Gasteiger partial charge in [0.05, 0.1) is 0 Å². The monoisotopic (exact) mass is 638 g/mol. The molecule has 0 saturated carbocycles. The van der Waals surface area contributed by atoms with Gasteiger partial charge < -0.3 is 41.2 Å². The number of aromatic nitrogens is 4. The van der Waals surface area contributed by atoms with E-state index in [1.54, 1.807) is 7.05 Å². The van der Waals surface area contributed by atoms with Gasteiger partial charge in [-0.3, -0.25) is 19.3 Å². The quantitative estimate of drug-likeness (QED) is 0.0836. The van der Waals surface area contributed by atoms with Gasteiger partial charge in [0.15, 0.2) is 17.4 Å². The van der Waals surface area contributed by atoms with Crippen molar-refractivity contribution in [2.75, 3.05) is 18.6 Å². The molecule has 3 heterocycles. The number of nitrogens with zero attached hydrogens (tertiary/aromatic N) is 5. The molecule has 2 aromatic rings. The molecule has 228 valence electrons. The third kappa shape index (κ3) is 5.89. The zero-order valence-electron chi connectivity index (χ0n) is 22.1. The highest BCUT2D eigenvalue weighted by Gasteiger charge is 2.67. The third-order valence-corrected chi connectivity index (χ3v) is 8.60. The summed E-state index contributed by atoms with van der Waals surface area (Å²) in [5.74, 6) is -7.93. The molecule has 0 aliphatic carbocycles. The Morgan fingerprint density at radius 3 is 2.42 bits per heavy atom. The maximum atomic E-state index is 13.4. The number of aliphatic carboxylic acids is 2. The van der Waals surface area contributed by atoms with Crippen LogP contribution in [0.1, 0.15) is 11.5 Å². The lowest BCUT2D eigenvalue weighted by atomic mass is 9.94. The van der Waals surface area contributed by atoms with E-state index in [1.165, 1.54) is 4.68 Å². The van der Waals surface area contributed by atoms with Crippen LogP contribution >= 0.6 is 23.5 Å². The Morgan fingerprint density at radius 2 is 1.86 bits per heavy atom. The number of hydrogen-bond donors (Lipinski definition) is 5. The number of β-lactam (4-membered cyclic amide) rings is 1. The summed E-state index contributed by atoms with van der Waals surface area (Å²) in [5, 5.41) is 32.6. The van der Waals surface area contributed by atoms with Gasteiger partial charge in [-0.15, -0.1) is 16.9 Å². The van der Waals surface area contributed by atoms with Gasteiger partial charge in [0.25, 0.3) is 11.6 Å². The lowest BCUT2D eigenvalue weighted by Crippen LogP contribution is -2.81. The molecule has 1 fully saturated rings. The van der Waals surface area contributed by atoms with Crippen molar-refractivity contribution in [2.45, 2.75) is 22.2 Å². The second-order valence-corrected chi connectivity index (χ2v) is 10.7. The molecule has 43 heavy (non-hydrogen) atoms. The van der Waals surface area contributed by atoms with Gasteiger partial charge in [-0.1, -0.05) is 17.8 Å².